The van der Waals surface area contributed by atoms with Crippen LogP contribution >= 0.6 is 0 Å². The van der Waals surface area contributed by atoms with Gasteiger partial charge in [-0.25, -0.2) is 0 Å². The van der Waals surface area contributed by atoms with Gasteiger partial charge in [0.25, 0.3) is 5.91 Å². The summed E-state index contributed by atoms with van der Waals surface area (Å²) in [5, 5.41) is 5.92. The maximum Gasteiger partial charge on any atom is 0.255 e. The number of ether oxygens (including phenoxy) is 1. The second-order valence-electron chi connectivity index (χ2n) is 6.69. The Hall–Kier alpha value is -2.82. The van der Waals surface area contributed by atoms with Crippen LogP contribution in [0.1, 0.15) is 41.6 Å². The van der Waals surface area contributed by atoms with E-state index in [9.17, 15) is 9.59 Å². The van der Waals surface area contributed by atoms with Crippen LogP contribution < -0.4 is 15.4 Å². The van der Waals surface area contributed by atoms with Crippen molar-refractivity contribution in [2.45, 2.75) is 31.1 Å². The number of carbonyl (C=O) groups is 2. The first-order chi connectivity index (χ1) is 12.1. The summed E-state index contributed by atoms with van der Waals surface area (Å²) in [6, 6.07) is 12.7. The number of nitrogens with one attached hydrogen (secondary N) is 2. The SMILES string of the molecule is COc1cccc(C(=O)Nc2ccc3c(c2)C2(CCCC2)C(=O)N3)c1. The molecule has 0 saturated heterocycles. The number of hydrogen-bond donors (Lipinski definition) is 2. The fourth-order valence-electron chi connectivity index (χ4n) is 3.93. The molecule has 1 spiro atoms. The zero-order valence-electron chi connectivity index (χ0n) is 14.1. The largest absolute Gasteiger partial charge is 0.497 e. The van der Waals surface area contributed by atoms with Gasteiger partial charge in [0.05, 0.1) is 12.5 Å². The molecule has 4 rings (SSSR count). The lowest BCUT2D eigenvalue weighted by molar-refractivity contribution is -0.120. The van der Waals surface area contributed by atoms with Crippen molar-refractivity contribution in [2.75, 3.05) is 17.7 Å². The van der Waals surface area contributed by atoms with Gasteiger partial charge in [-0.05, 0) is 54.8 Å². The lowest BCUT2D eigenvalue weighted by Gasteiger charge is -2.21. The molecule has 25 heavy (non-hydrogen) atoms. The Labute approximate surface area is 146 Å². The quantitative estimate of drug-likeness (QED) is 0.898. The predicted octanol–water partition coefficient (Wildman–Crippen LogP) is 3.71. The molecule has 2 amide bonds. The molecule has 2 aliphatic rings. The molecule has 1 fully saturated rings. The highest BCUT2D eigenvalue weighted by Crippen LogP contribution is 2.49. The van der Waals surface area contributed by atoms with Crippen molar-refractivity contribution in [2.24, 2.45) is 0 Å². The second kappa shape index (κ2) is 5.92. The summed E-state index contributed by atoms with van der Waals surface area (Å²) < 4.78 is 5.17. The Kier molecular flexibility index (Phi) is 3.71. The summed E-state index contributed by atoms with van der Waals surface area (Å²) in [5.41, 5.74) is 2.70. The molecule has 2 aromatic rings. The molecule has 5 heteroatoms. The Bertz CT molecular complexity index is 854. The first-order valence-electron chi connectivity index (χ1n) is 8.54. The molecular formula is C20H20N2O3. The maximum atomic E-state index is 12.5. The van der Waals surface area contributed by atoms with Crippen molar-refractivity contribution < 1.29 is 14.3 Å². The third-order valence-electron chi connectivity index (χ3n) is 5.26. The van der Waals surface area contributed by atoms with Crippen LogP contribution in [0.4, 0.5) is 11.4 Å². The Balaban J connectivity index is 1.61. The van der Waals surface area contributed by atoms with Crippen molar-refractivity contribution in [3.05, 3.63) is 53.6 Å². The van der Waals surface area contributed by atoms with Gasteiger partial charge < -0.3 is 15.4 Å². The van der Waals surface area contributed by atoms with E-state index >= 15 is 0 Å². The summed E-state index contributed by atoms with van der Waals surface area (Å²) in [6.45, 7) is 0. The molecule has 128 valence electrons. The van der Waals surface area contributed by atoms with Crippen molar-refractivity contribution in [1.82, 2.24) is 0 Å². The number of fused-ring (bicyclic) bond motifs is 2. The topological polar surface area (TPSA) is 67.4 Å². The van der Waals surface area contributed by atoms with Gasteiger partial charge in [-0.3, -0.25) is 9.59 Å². The van der Waals surface area contributed by atoms with Crippen LogP contribution in [-0.4, -0.2) is 18.9 Å². The molecule has 1 aliphatic heterocycles. The highest BCUT2D eigenvalue weighted by atomic mass is 16.5. The van der Waals surface area contributed by atoms with E-state index in [4.69, 9.17) is 4.74 Å². The Morgan fingerprint density at radius 1 is 1.16 bits per heavy atom. The van der Waals surface area contributed by atoms with Crippen LogP contribution in [0.3, 0.4) is 0 Å². The maximum absolute atomic E-state index is 12.5. The number of hydrogen-bond acceptors (Lipinski definition) is 3. The lowest BCUT2D eigenvalue weighted by Crippen LogP contribution is -2.31. The van der Waals surface area contributed by atoms with E-state index in [1.807, 2.05) is 18.2 Å². The molecule has 2 aromatic carbocycles. The fourth-order valence-corrected chi connectivity index (χ4v) is 3.93. The average Bonchev–Trinajstić information content (AvgIpc) is 3.23. The summed E-state index contributed by atoms with van der Waals surface area (Å²) in [5.74, 6) is 0.536. The van der Waals surface area contributed by atoms with E-state index < -0.39 is 5.41 Å². The number of carbonyl (C=O) groups excluding carboxylic acids is 2. The van der Waals surface area contributed by atoms with Crippen LogP contribution in [-0.2, 0) is 10.2 Å². The van der Waals surface area contributed by atoms with Crippen molar-refractivity contribution >= 4 is 23.2 Å². The van der Waals surface area contributed by atoms with Crippen LogP contribution in [0.5, 0.6) is 5.75 Å². The van der Waals surface area contributed by atoms with E-state index in [2.05, 4.69) is 10.6 Å². The highest BCUT2D eigenvalue weighted by molar-refractivity contribution is 6.08. The van der Waals surface area contributed by atoms with Gasteiger partial charge in [-0.2, -0.15) is 0 Å². The van der Waals surface area contributed by atoms with Gasteiger partial charge in [0.1, 0.15) is 5.75 Å². The smallest absolute Gasteiger partial charge is 0.255 e. The summed E-state index contributed by atoms with van der Waals surface area (Å²) in [6.07, 6.45) is 3.87. The minimum atomic E-state index is -0.411. The first-order valence-corrected chi connectivity index (χ1v) is 8.54. The first kappa shape index (κ1) is 15.7. The van der Waals surface area contributed by atoms with Gasteiger partial charge in [0.15, 0.2) is 0 Å². The fraction of sp³-hybridized carbons (Fsp3) is 0.300. The number of benzene rings is 2. The minimum absolute atomic E-state index is 0.0938. The van der Waals surface area contributed by atoms with Crippen molar-refractivity contribution in [3.63, 3.8) is 0 Å². The molecule has 1 heterocycles. The normalized spacial score (nSPS) is 17.2. The summed E-state index contributed by atoms with van der Waals surface area (Å²) in [4.78, 5) is 25.0. The average molecular weight is 336 g/mol. The van der Waals surface area contributed by atoms with E-state index in [-0.39, 0.29) is 11.8 Å². The van der Waals surface area contributed by atoms with Gasteiger partial charge in [-0.15, -0.1) is 0 Å². The zero-order valence-corrected chi connectivity index (χ0v) is 14.1. The molecule has 5 nitrogen and oxygen atoms in total. The van der Waals surface area contributed by atoms with E-state index in [0.29, 0.717) is 17.0 Å². The molecule has 0 bridgehead atoms. The molecule has 0 radical (unpaired) electrons. The molecule has 2 N–H and O–H groups in total. The number of anilines is 2. The van der Waals surface area contributed by atoms with Crippen molar-refractivity contribution in [1.29, 1.82) is 0 Å². The number of methoxy groups -OCH3 is 1. The Morgan fingerprint density at radius 3 is 2.72 bits per heavy atom. The van der Waals surface area contributed by atoms with Gasteiger partial charge >= 0.3 is 0 Å². The summed E-state index contributed by atoms with van der Waals surface area (Å²) >= 11 is 0. The van der Waals surface area contributed by atoms with Crippen LogP contribution in [0.25, 0.3) is 0 Å². The van der Waals surface area contributed by atoms with Crippen molar-refractivity contribution in [3.8, 4) is 5.75 Å². The van der Waals surface area contributed by atoms with Gasteiger partial charge in [0, 0.05) is 16.9 Å². The van der Waals surface area contributed by atoms with Gasteiger partial charge in [0.2, 0.25) is 5.91 Å². The van der Waals surface area contributed by atoms with E-state index in [0.717, 1.165) is 36.9 Å². The molecule has 1 saturated carbocycles. The number of rotatable bonds is 3. The van der Waals surface area contributed by atoms with E-state index in [1.54, 1.807) is 31.4 Å². The lowest BCUT2D eigenvalue weighted by atomic mass is 9.80. The molecule has 0 aromatic heterocycles. The van der Waals surface area contributed by atoms with Gasteiger partial charge in [-0.1, -0.05) is 18.9 Å². The van der Waals surface area contributed by atoms with Crippen LogP contribution in [0.15, 0.2) is 42.5 Å². The highest BCUT2D eigenvalue weighted by Gasteiger charge is 2.48. The predicted molar refractivity (Wildman–Crippen MR) is 96.2 cm³/mol. The van der Waals surface area contributed by atoms with Crippen LogP contribution in [0.2, 0.25) is 0 Å². The minimum Gasteiger partial charge on any atom is -0.497 e. The van der Waals surface area contributed by atoms with E-state index in [1.165, 1.54) is 0 Å². The molecule has 1 aliphatic carbocycles. The third kappa shape index (κ3) is 2.56. The standard InChI is InChI=1S/C20H20N2O3/c1-25-15-6-4-5-13(11-15)18(23)21-14-7-8-17-16(12-14)20(19(24)22-17)9-2-3-10-20/h4-8,11-12H,2-3,9-10H2,1H3,(H,21,23)(H,22,24). The molecule has 0 atom stereocenters. The third-order valence-corrected chi connectivity index (χ3v) is 5.26. The number of amides is 2. The van der Waals surface area contributed by atoms with Crippen LogP contribution in [0, 0.1) is 0 Å². The second-order valence-corrected chi connectivity index (χ2v) is 6.69. The zero-order chi connectivity index (χ0) is 17.4. The molecule has 0 unspecified atom stereocenters. The molecular weight excluding hydrogens is 316 g/mol. The monoisotopic (exact) mass is 336 g/mol. The summed E-state index contributed by atoms with van der Waals surface area (Å²) in [7, 11) is 1.57. The Morgan fingerprint density at radius 2 is 1.96 bits per heavy atom.